The summed E-state index contributed by atoms with van der Waals surface area (Å²) in [4.78, 5) is 56.9. The predicted molar refractivity (Wildman–Crippen MR) is 132 cm³/mol. The number of fused-ring (bicyclic) bond motifs is 4. The van der Waals surface area contributed by atoms with Gasteiger partial charge in [-0.3, -0.25) is 9.59 Å². The summed E-state index contributed by atoms with van der Waals surface area (Å²) in [7, 11) is 1.65. The number of hydroxylamine groups is 2. The molecule has 1 heterocycles. The summed E-state index contributed by atoms with van der Waals surface area (Å²) in [5.41, 5.74) is 5.01. The Kier molecular flexibility index (Phi) is 5.52. The maximum Gasteiger partial charge on any atom is 0.409 e. The largest absolute Gasteiger partial charge is 0.448 e. The molecule has 8 nitrogen and oxygen atoms in total. The van der Waals surface area contributed by atoms with Crippen molar-refractivity contribution in [3.63, 3.8) is 0 Å². The summed E-state index contributed by atoms with van der Waals surface area (Å²) in [5, 5.41) is 0.523. The highest BCUT2D eigenvalue weighted by Gasteiger charge is 2.44. The Morgan fingerprint density at radius 2 is 1.30 bits per heavy atom. The van der Waals surface area contributed by atoms with E-state index in [0.717, 1.165) is 22.3 Å². The van der Waals surface area contributed by atoms with E-state index in [2.05, 4.69) is 24.3 Å². The molecular weight excluding hydrogens is 472 g/mol. The van der Waals surface area contributed by atoms with Crippen LogP contribution in [0.15, 0.2) is 72.8 Å². The van der Waals surface area contributed by atoms with Crippen LogP contribution in [-0.4, -0.2) is 53.5 Å². The average molecular weight is 497 g/mol. The first kappa shape index (κ1) is 23.0. The smallest absolute Gasteiger partial charge is 0.409 e. The lowest BCUT2D eigenvalue weighted by molar-refractivity contribution is -0.178. The Morgan fingerprint density at radius 1 is 0.811 bits per heavy atom. The van der Waals surface area contributed by atoms with E-state index in [1.807, 2.05) is 24.3 Å². The molecule has 0 N–H and O–H groups in total. The molecule has 3 aliphatic rings. The third-order valence-electron chi connectivity index (χ3n) is 7.56. The van der Waals surface area contributed by atoms with Crippen LogP contribution in [0.1, 0.15) is 50.6 Å². The predicted octanol–water partition coefficient (Wildman–Crippen LogP) is 4.40. The summed E-state index contributed by atoms with van der Waals surface area (Å²) < 4.78 is 5.70. The van der Waals surface area contributed by atoms with Crippen LogP contribution in [0.2, 0.25) is 0 Å². The van der Waals surface area contributed by atoms with Crippen molar-refractivity contribution in [1.82, 2.24) is 9.96 Å². The van der Waals surface area contributed by atoms with Gasteiger partial charge in [-0.15, -0.1) is 0 Å². The molecule has 1 fully saturated rings. The van der Waals surface area contributed by atoms with Gasteiger partial charge in [0.25, 0.3) is 11.8 Å². The summed E-state index contributed by atoms with van der Waals surface area (Å²) >= 11 is 0. The molecule has 0 radical (unpaired) electrons. The lowest BCUT2D eigenvalue weighted by Gasteiger charge is -2.39. The second kappa shape index (κ2) is 8.89. The van der Waals surface area contributed by atoms with Crippen molar-refractivity contribution < 1.29 is 28.8 Å². The second-order valence-corrected chi connectivity index (χ2v) is 9.60. The molecule has 6 rings (SSSR count). The number of benzene rings is 3. The van der Waals surface area contributed by atoms with Gasteiger partial charge in [0.15, 0.2) is 0 Å². The third kappa shape index (κ3) is 3.76. The molecule has 0 atom stereocenters. The topological polar surface area (TPSA) is 93.2 Å². The van der Waals surface area contributed by atoms with Crippen molar-refractivity contribution >= 4 is 23.9 Å². The first-order valence-corrected chi connectivity index (χ1v) is 12.2. The number of carbonyl (C=O) groups excluding carboxylic acids is 4. The molecule has 8 heteroatoms. The Balaban J connectivity index is 1.03. The van der Waals surface area contributed by atoms with Crippen molar-refractivity contribution in [3.8, 4) is 11.1 Å². The van der Waals surface area contributed by atoms with Crippen molar-refractivity contribution in [2.75, 3.05) is 13.7 Å². The van der Waals surface area contributed by atoms with Crippen LogP contribution < -0.4 is 0 Å². The fourth-order valence-corrected chi connectivity index (χ4v) is 5.36. The van der Waals surface area contributed by atoms with Crippen LogP contribution in [0.4, 0.5) is 4.79 Å². The molecular formula is C29H24N2O6. The van der Waals surface area contributed by atoms with Crippen LogP contribution in [-0.2, 0) is 14.4 Å². The van der Waals surface area contributed by atoms with Gasteiger partial charge in [0.1, 0.15) is 6.61 Å². The quantitative estimate of drug-likeness (QED) is 0.486. The van der Waals surface area contributed by atoms with Crippen LogP contribution in [0.25, 0.3) is 11.1 Å². The Hall–Kier alpha value is -4.46. The number of amides is 3. The molecule has 1 aliphatic heterocycles. The van der Waals surface area contributed by atoms with Gasteiger partial charge in [-0.1, -0.05) is 65.7 Å². The van der Waals surface area contributed by atoms with E-state index in [9.17, 15) is 19.2 Å². The van der Waals surface area contributed by atoms with Gasteiger partial charge < -0.3 is 14.5 Å². The molecule has 3 aromatic rings. The third-order valence-corrected chi connectivity index (χ3v) is 7.56. The number of hydrogen-bond donors (Lipinski definition) is 0. The monoisotopic (exact) mass is 496 g/mol. The summed E-state index contributed by atoms with van der Waals surface area (Å²) in [6.45, 7) is 0.217. The number of ether oxygens (including phenoxy) is 1. The highest BCUT2D eigenvalue weighted by molar-refractivity contribution is 6.20. The Morgan fingerprint density at radius 3 is 1.84 bits per heavy atom. The second-order valence-electron chi connectivity index (χ2n) is 9.60. The Labute approximate surface area is 213 Å². The van der Waals surface area contributed by atoms with Crippen LogP contribution in [0.3, 0.4) is 0 Å². The summed E-state index contributed by atoms with van der Waals surface area (Å²) in [6, 6.07) is 22.4. The minimum atomic E-state index is -0.660. The van der Waals surface area contributed by atoms with E-state index in [1.165, 1.54) is 17.0 Å². The number of nitrogens with zero attached hydrogens (tertiary/aromatic N) is 2. The number of carbonyl (C=O) groups is 4. The molecule has 37 heavy (non-hydrogen) atoms. The van der Waals surface area contributed by atoms with Crippen molar-refractivity contribution in [2.24, 2.45) is 5.92 Å². The molecule has 0 unspecified atom stereocenters. The van der Waals surface area contributed by atoms with E-state index in [0.29, 0.717) is 17.9 Å². The van der Waals surface area contributed by atoms with Crippen molar-refractivity contribution in [1.29, 1.82) is 0 Å². The fraction of sp³-hybridized carbons (Fsp3) is 0.241. The standard InChI is InChI=1S/C29H24N2O6/c1-30(29(35)36-16-25-21-10-4-2-8-19(21)20-9-3-5-11-22(20)25)18-14-17(15-18)28(34)37-31-26(32)23-12-6-7-13-24(23)27(31)33/h2-13,17-18,25H,14-16H2,1H3. The lowest BCUT2D eigenvalue weighted by atomic mass is 9.79. The normalized spacial score (nSPS) is 19.5. The highest BCUT2D eigenvalue weighted by atomic mass is 16.7. The molecule has 3 amide bonds. The zero-order chi connectivity index (χ0) is 25.7. The number of imide groups is 1. The van der Waals surface area contributed by atoms with Crippen molar-refractivity contribution in [2.45, 2.75) is 24.8 Å². The zero-order valence-corrected chi connectivity index (χ0v) is 20.1. The molecule has 0 bridgehead atoms. The van der Waals surface area contributed by atoms with Crippen LogP contribution in [0.5, 0.6) is 0 Å². The van der Waals surface area contributed by atoms with Crippen LogP contribution >= 0.6 is 0 Å². The van der Waals surface area contributed by atoms with E-state index in [1.54, 1.807) is 19.2 Å². The molecule has 3 aromatic carbocycles. The number of hydrogen-bond acceptors (Lipinski definition) is 6. The summed E-state index contributed by atoms with van der Waals surface area (Å²) in [5.74, 6) is -2.51. The molecule has 2 aliphatic carbocycles. The van der Waals surface area contributed by atoms with E-state index in [-0.39, 0.29) is 29.7 Å². The minimum Gasteiger partial charge on any atom is -0.448 e. The lowest BCUT2D eigenvalue weighted by Crippen LogP contribution is -2.49. The molecule has 0 spiro atoms. The molecule has 0 saturated heterocycles. The molecule has 1 saturated carbocycles. The van der Waals surface area contributed by atoms with Gasteiger partial charge in [-0.2, -0.15) is 0 Å². The van der Waals surface area contributed by atoms with Crippen molar-refractivity contribution in [3.05, 3.63) is 95.1 Å². The minimum absolute atomic E-state index is 0.0338. The SMILES string of the molecule is CN(C(=O)OCC1c2ccccc2-c2ccccc21)C1CC(C(=O)ON2C(=O)c3ccccc3C2=O)C1. The van der Waals surface area contributed by atoms with Gasteiger partial charge in [-0.05, 0) is 47.2 Å². The van der Waals surface area contributed by atoms with E-state index >= 15 is 0 Å². The van der Waals surface area contributed by atoms with Crippen LogP contribution in [0, 0.1) is 5.92 Å². The van der Waals surface area contributed by atoms with Gasteiger partial charge in [-0.25, -0.2) is 9.59 Å². The first-order valence-electron chi connectivity index (χ1n) is 12.2. The maximum absolute atomic E-state index is 12.8. The van der Waals surface area contributed by atoms with Gasteiger partial charge in [0, 0.05) is 19.0 Å². The van der Waals surface area contributed by atoms with Gasteiger partial charge >= 0.3 is 12.1 Å². The zero-order valence-electron chi connectivity index (χ0n) is 20.1. The van der Waals surface area contributed by atoms with E-state index in [4.69, 9.17) is 9.57 Å². The Bertz CT molecular complexity index is 1360. The summed E-state index contributed by atoms with van der Waals surface area (Å²) in [6.07, 6.45) is 0.268. The van der Waals surface area contributed by atoms with Gasteiger partial charge in [0.05, 0.1) is 17.0 Å². The number of rotatable bonds is 5. The first-order chi connectivity index (χ1) is 17.9. The van der Waals surface area contributed by atoms with E-state index < -0.39 is 29.8 Å². The molecule has 186 valence electrons. The fourth-order valence-electron chi connectivity index (χ4n) is 5.36. The van der Waals surface area contributed by atoms with Gasteiger partial charge in [0.2, 0.25) is 0 Å². The maximum atomic E-state index is 12.8. The molecule has 0 aromatic heterocycles. The average Bonchev–Trinajstić information content (AvgIpc) is 3.34. The highest BCUT2D eigenvalue weighted by Crippen LogP contribution is 2.44.